The number of anilines is 1. The van der Waals surface area contributed by atoms with Crippen LogP contribution >= 0.6 is 23.2 Å². The lowest BCUT2D eigenvalue weighted by molar-refractivity contribution is -0.137. The normalized spacial score (nSPS) is 12.6. The quantitative estimate of drug-likeness (QED) is 0.439. The van der Waals surface area contributed by atoms with Crippen molar-refractivity contribution in [3.8, 4) is 5.69 Å². The second-order valence-corrected chi connectivity index (χ2v) is 7.29. The topological polar surface area (TPSA) is 80.0 Å². The molecule has 2 heterocycles. The number of fused-ring (bicyclic) bond motifs is 1. The van der Waals surface area contributed by atoms with Crippen LogP contribution in [0.15, 0.2) is 73.4 Å². The van der Waals surface area contributed by atoms with Gasteiger partial charge in [0.25, 0.3) is 0 Å². The van der Waals surface area contributed by atoms with Crippen molar-refractivity contribution in [3.05, 3.63) is 83.4 Å². The van der Waals surface area contributed by atoms with E-state index in [9.17, 15) is 9.90 Å². The summed E-state index contributed by atoms with van der Waals surface area (Å²) in [4.78, 5) is 20.1. The molecule has 0 bridgehead atoms. The van der Waals surface area contributed by atoms with Gasteiger partial charge in [0.2, 0.25) is 0 Å². The minimum atomic E-state index is -0.954. The molecule has 0 aliphatic heterocycles. The van der Waals surface area contributed by atoms with Crippen LogP contribution in [0.2, 0.25) is 10.0 Å². The van der Waals surface area contributed by atoms with Crippen molar-refractivity contribution < 1.29 is 9.90 Å². The van der Waals surface area contributed by atoms with Crippen molar-refractivity contribution in [2.24, 2.45) is 0 Å². The number of halogens is 2. The average Bonchev–Trinajstić information content (AvgIpc) is 3.24. The van der Waals surface area contributed by atoms with Crippen LogP contribution in [-0.4, -0.2) is 31.7 Å². The molecule has 0 fully saturated rings. The first-order valence-corrected chi connectivity index (χ1v) is 9.90. The number of nitrogens with zero attached hydrogens (tertiary/aromatic N) is 3. The Morgan fingerprint density at radius 2 is 2.17 bits per heavy atom. The molecular formula is C22H20Cl2N4O2. The van der Waals surface area contributed by atoms with Gasteiger partial charge in [0.1, 0.15) is 5.82 Å². The predicted molar refractivity (Wildman–Crippen MR) is 122 cm³/mol. The lowest BCUT2D eigenvalue weighted by Gasteiger charge is -2.20. The number of allylic oxidation sites excluding steroid dienone is 3. The number of carbonyl (C=O) groups is 1. The zero-order valence-electron chi connectivity index (χ0n) is 16.2. The Morgan fingerprint density at radius 3 is 2.83 bits per heavy atom. The van der Waals surface area contributed by atoms with Crippen molar-refractivity contribution in [2.45, 2.75) is 19.4 Å². The number of aromatic nitrogens is 3. The van der Waals surface area contributed by atoms with Gasteiger partial charge in [-0.1, -0.05) is 54.1 Å². The third-order valence-corrected chi connectivity index (χ3v) is 5.19. The number of pyridine rings is 1. The first kappa shape index (κ1) is 21.6. The highest BCUT2D eigenvalue weighted by Gasteiger charge is 2.18. The fourth-order valence-electron chi connectivity index (χ4n) is 2.94. The van der Waals surface area contributed by atoms with Gasteiger partial charge in [-0.2, -0.15) is 0 Å². The molecule has 8 heteroatoms. The molecular weight excluding hydrogens is 423 g/mol. The molecule has 0 saturated heterocycles. The summed E-state index contributed by atoms with van der Waals surface area (Å²) in [5.41, 5.74) is 1.89. The maximum atomic E-state index is 11.4. The molecule has 1 atom stereocenters. The fourth-order valence-corrected chi connectivity index (χ4v) is 3.30. The fraction of sp³-hybridized carbons (Fsp3) is 0.136. The maximum absolute atomic E-state index is 11.4. The average molecular weight is 443 g/mol. The van der Waals surface area contributed by atoms with Crippen LogP contribution in [0, 0.1) is 0 Å². The molecule has 0 unspecified atom stereocenters. The second-order valence-electron chi connectivity index (χ2n) is 6.51. The number of carboxylic acid groups (broad SMARTS) is 1. The highest BCUT2D eigenvalue weighted by atomic mass is 35.5. The smallest absolute Gasteiger partial charge is 0.305 e. The Kier molecular flexibility index (Phi) is 6.92. The van der Waals surface area contributed by atoms with Crippen molar-refractivity contribution in [1.29, 1.82) is 0 Å². The summed E-state index contributed by atoms with van der Waals surface area (Å²) in [6.45, 7) is 5.90. The number of hydrogen-bond donors (Lipinski definition) is 2. The highest BCUT2D eigenvalue weighted by molar-refractivity contribution is 6.45. The van der Waals surface area contributed by atoms with E-state index in [0.717, 1.165) is 11.1 Å². The molecule has 2 N–H and O–H groups in total. The molecule has 0 amide bonds. The highest BCUT2D eigenvalue weighted by Crippen LogP contribution is 2.34. The minimum absolute atomic E-state index is 0.164. The molecule has 30 heavy (non-hydrogen) atoms. The zero-order chi connectivity index (χ0) is 21.7. The van der Waals surface area contributed by atoms with Crippen LogP contribution in [0.5, 0.6) is 0 Å². The Labute approximate surface area is 184 Å². The molecule has 2 aromatic heterocycles. The Bertz CT molecular complexity index is 1140. The van der Waals surface area contributed by atoms with E-state index in [4.69, 9.17) is 23.2 Å². The lowest BCUT2D eigenvalue weighted by Crippen LogP contribution is -2.25. The second kappa shape index (κ2) is 9.61. The molecule has 0 aliphatic rings. The molecule has 154 valence electrons. The summed E-state index contributed by atoms with van der Waals surface area (Å²) in [6, 6.07) is 4.79. The van der Waals surface area contributed by atoms with Gasteiger partial charge in [-0.3, -0.25) is 4.79 Å². The van der Waals surface area contributed by atoms with Gasteiger partial charge < -0.3 is 15.0 Å². The number of imidazole rings is 1. The lowest BCUT2D eigenvalue weighted by atomic mass is 10.0. The molecule has 0 aliphatic carbocycles. The van der Waals surface area contributed by atoms with Gasteiger partial charge in [0.05, 0.1) is 40.0 Å². The van der Waals surface area contributed by atoms with E-state index in [-0.39, 0.29) is 6.42 Å². The first-order chi connectivity index (χ1) is 14.4. The van der Waals surface area contributed by atoms with Crippen LogP contribution in [0.4, 0.5) is 5.82 Å². The molecule has 0 spiro atoms. The molecule has 3 rings (SSSR count). The third-order valence-electron chi connectivity index (χ3n) is 4.40. The van der Waals surface area contributed by atoms with E-state index in [1.54, 1.807) is 36.9 Å². The van der Waals surface area contributed by atoms with Gasteiger partial charge in [0, 0.05) is 23.8 Å². The van der Waals surface area contributed by atoms with E-state index >= 15 is 0 Å². The van der Waals surface area contributed by atoms with Crippen molar-refractivity contribution in [3.63, 3.8) is 0 Å². The number of benzene rings is 1. The number of rotatable bonds is 8. The van der Waals surface area contributed by atoms with E-state index in [0.29, 0.717) is 27.0 Å². The van der Waals surface area contributed by atoms with E-state index in [2.05, 4.69) is 21.9 Å². The summed E-state index contributed by atoms with van der Waals surface area (Å²) < 4.78 is 1.83. The molecule has 0 saturated carbocycles. The monoisotopic (exact) mass is 442 g/mol. The summed E-state index contributed by atoms with van der Waals surface area (Å²) in [5, 5.41) is 14.0. The predicted octanol–water partition coefficient (Wildman–Crippen LogP) is 5.67. The largest absolute Gasteiger partial charge is 0.481 e. The minimum Gasteiger partial charge on any atom is -0.481 e. The van der Waals surface area contributed by atoms with Crippen molar-refractivity contribution >= 4 is 45.9 Å². The number of hydrogen-bond acceptors (Lipinski definition) is 4. The maximum Gasteiger partial charge on any atom is 0.305 e. The molecule has 1 aromatic carbocycles. The van der Waals surface area contributed by atoms with Crippen LogP contribution in [0.1, 0.15) is 13.3 Å². The van der Waals surface area contributed by atoms with E-state index in [1.165, 1.54) is 0 Å². The summed E-state index contributed by atoms with van der Waals surface area (Å²) >= 11 is 12.6. The van der Waals surface area contributed by atoms with Crippen molar-refractivity contribution in [1.82, 2.24) is 14.5 Å². The van der Waals surface area contributed by atoms with Gasteiger partial charge in [-0.05, 0) is 24.6 Å². The van der Waals surface area contributed by atoms with Crippen LogP contribution in [0.25, 0.3) is 16.6 Å². The molecule has 6 nitrogen and oxygen atoms in total. The zero-order valence-corrected chi connectivity index (χ0v) is 17.7. The molecule has 0 radical (unpaired) electrons. The Morgan fingerprint density at radius 1 is 1.37 bits per heavy atom. The van der Waals surface area contributed by atoms with Gasteiger partial charge >= 0.3 is 5.97 Å². The van der Waals surface area contributed by atoms with E-state index < -0.39 is 12.0 Å². The standard InChI is InChI=1S/C22H20Cl2N4O2/c1-3-4-5-6-14(2)17(11-20(29)30)26-19-12-18(28-10-9-25-13-28)15-7-8-16(23)21(24)22(15)27-19/h3-10,12-13,17H,2,11H2,1H3,(H,26,27)(H,29,30)/b4-3-,6-5-/t17-/m1/s1. The number of carboxylic acids is 1. The van der Waals surface area contributed by atoms with Gasteiger partial charge in [-0.25, -0.2) is 9.97 Å². The first-order valence-electron chi connectivity index (χ1n) is 9.14. The summed E-state index contributed by atoms with van der Waals surface area (Å²) in [5.74, 6) is -0.507. The third kappa shape index (κ3) is 4.90. The van der Waals surface area contributed by atoms with Gasteiger partial charge in [0.15, 0.2) is 0 Å². The van der Waals surface area contributed by atoms with Crippen LogP contribution in [0.3, 0.4) is 0 Å². The van der Waals surface area contributed by atoms with Gasteiger partial charge in [-0.15, -0.1) is 0 Å². The molecule has 3 aromatic rings. The number of nitrogens with one attached hydrogen (secondary N) is 1. The Balaban J connectivity index is 2.08. The summed E-state index contributed by atoms with van der Waals surface area (Å²) in [6.07, 6.45) is 12.2. The number of aliphatic carboxylic acids is 1. The van der Waals surface area contributed by atoms with Crippen LogP contribution in [-0.2, 0) is 4.79 Å². The van der Waals surface area contributed by atoms with Crippen molar-refractivity contribution in [2.75, 3.05) is 5.32 Å². The SMILES string of the molecule is C=C(/C=C\C=C/C)[C@@H](CC(=O)O)Nc1cc(-n2ccnc2)c2ccc(Cl)c(Cl)c2n1. The van der Waals surface area contributed by atoms with E-state index in [1.807, 2.05) is 35.8 Å². The Hall–Kier alpha value is -3.09. The van der Waals surface area contributed by atoms with Crippen LogP contribution < -0.4 is 5.32 Å². The summed E-state index contributed by atoms with van der Waals surface area (Å²) in [7, 11) is 0.